The summed E-state index contributed by atoms with van der Waals surface area (Å²) in [7, 11) is 0. The van der Waals surface area contributed by atoms with Gasteiger partial charge < -0.3 is 16.2 Å². The number of phenolic OH excluding ortho intramolecular Hbond substituents is 1. The summed E-state index contributed by atoms with van der Waals surface area (Å²) in [5, 5.41) is 12.4. The molecule has 1 aromatic carbocycles. The van der Waals surface area contributed by atoms with Crippen LogP contribution in [0.1, 0.15) is 32.1 Å². The molecule has 0 unspecified atom stereocenters. The molecule has 112 valence electrons. The van der Waals surface area contributed by atoms with Crippen molar-refractivity contribution in [1.29, 1.82) is 0 Å². The normalized spacial score (nSPS) is 36.7. The summed E-state index contributed by atoms with van der Waals surface area (Å²) in [6, 6.07) is 4.72. The SMILES string of the molecule is Nc1cc(O)ccc1NC(=O)C1C2CC3CC(C2)CC1C3. The van der Waals surface area contributed by atoms with E-state index in [0.29, 0.717) is 23.2 Å². The Morgan fingerprint density at radius 2 is 1.71 bits per heavy atom. The molecule has 0 aromatic heterocycles. The Bertz CT molecular complexity index is 556. The number of hydrogen-bond donors (Lipinski definition) is 3. The van der Waals surface area contributed by atoms with Crippen molar-refractivity contribution in [2.24, 2.45) is 29.6 Å². The minimum Gasteiger partial charge on any atom is -0.508 e. The quantitative estimate of drug-likeness (QED) is 0.578. The van der Waals surface area contributed by atoms with E-state index in [2.05, 4.69) is 5.32 Å². The lowest BCUT2D eigenvalue weighted by Crippen LogP contribution is -2.49. The van der Waals surface area contributed by atoms with Gasteiger partial charge >= 0.3 is 0 Å². The van der Waals surface area contributed by atoms with Gasteiger partial charge in [-0.2, -0.15) is 0 Å². The topological polar surface area (TPSA) is 75.3 Å². The molecule has 4 N–H and O–H groups in total. The van der Waals surface area contributed by atoms with E-state index in [9.17, 15) is 9.90 Å². The van der Waals surface area contributed by atoms with Crippen LogP contribution < -0.4 is 11.1 Å². The van der Waals surface area contributed by atoms with Crippen molar-refractivity contribution in [3.63, 3.8) is 0 Å². The smallest absolute Gasteiger partial charge is 0.228 e. The second kappa shape index (κ2) is 4.65. The van der Waals surface area contributed by atoms with Crippen LogP contribution in [0.4, 0.5) is 11.4 Å². The molecule has 4 fully saturated rings. The second-order valence-corrected chi connectivity index (χ2v) is 7.22. The number of nitrogen functional groups attached to an aromatic ring is 1. The number of carbonyl (C=O) groups is 1. The Balaban J connectivity index is 1.52. The summed E-state index contributed by atoms with van der Waals surface area (Å²) in [5.41, 5.74) is 6.91. The van der Waals surface area contributed by atoms with E-state index in [0.717, 1.165) is 11.8 Å². The van der Waals surface area contributed by atoms with Crippen molar-refractivity contribution < 1.29 is 9.90 Å². The van der Waals surface area contributed by atoms with Gasteiger partial charge in [0.25, 0.3) is 0 Å². The van der Waals surface area contributed by atoms with Gasteiger partial charge in [0, 0.05) is 12.0 Å². The summed E-state index contributed by atoms with van der Waals surface area (Å²) in [5.74, 6) is 3.29. The molecule has 1 amide bonds. The number of nitrogens with one attached hydrogen (secondary N) is 1. The van der Waals surface area contributed by atoms with Gasteiger partial charge in [0.05, 0.1) is 11.4 Å². The highest BCUT2D eigenvalue weighted by molar-refractivity contribution is 5.96. The van der Waals surface area contributed by atoms with Crippen molar-refractivity contribution in [2.45, 2.75) is 32.1 Å². The molecule has 21 heavy (non-hydrogen) atoms. The minimum absolute atomic E-state index is 0.125. The first kappa shape index (κ1) is 13.0. The Kier molecular flexibility index (Phi) is 2.88. The number of aromatic hydroxyl groups is 1. The number of anilines is 2. The molecule has 4 heteroatoms. The lowest BCUT2D eigenvalue weighted by atomic mass is 9.51. The molecule has 4 saturated carbocycles. The fourth-order valence-electron chi connectivity index (χ4n) is 5.23. The van der Waals surface area contributed by atoms with Crippen molar-refractivity contribution in [3.8, 4) is 5.75 Å². The molecule has 4 bridgehead atoms. The molecule has 0 heterocycles. The van der Waals surface area contributed by atoms with Crippen LogP contribution in [0.15, 0.2) is 18.2 Å². The number of carbonyl (C=O) groups excluding carboxylic acids is 1. The van der Waals surface area contributed by atoms with Gasteiger partial charge in [-0.1, -0.05) is 0 Å². The van der Waals surface area contributed by atoms with Crippen LogP contribution in [0.3, 0.4) is 0 Å². The third kappa shape index (κ3) is 2.17. The van der Waals surface area contributed by atoms with Crippen LogP contribution >= 0.6 is 0 Å². The summed E-state index contributed by atoms with van der Waals surface area (Å²) in [4.78, 5) is 12.7. The molecule has 0 atom stereocenters. The molecule has 4 nitrogen and oxygen atoms in total. The molecular weight excluding hydrogens is 264 g/mol. The van der Waals surface area contributed by atoms with Crippen LogP contribution in [0.5, 0.6) is 5.75 Å². The molecule has 4 aliphatic carbocycles. The third-order valence-corrected chi connectivity index (χ3v) is 5.82. The van der Waals surface area contributed by atoms with E-state index in [-0.39, 0.29) is 17.6 Å². The maximum Gasteiger partial charge on any atom is 0.228 e. The molecular formula is C17H22N2O2. The molecule has 0 saturated heterocycles. The molecule has 5 rings (SSSR count). The predicted octanol–water partition coefficient (Wildman–Crippen LogP) is 2.99. The zero-order valence-electron chi connectivity index (χ0n) is 12.1. The van der Waals surface area contributed by atoms with Gasteiger partial charge in [0.1, 0.15) is 5.75 Å². The van der Waals surface area contributed by atoms with Crippen LogP contribution in [0.2, 0.25) is 0 Å². The highest BCUT2D eigenvalue weighted by Gasteiger charge is 2.50. The van der Waals surface area contributed by atoms with Crippen LogP contribution in [-0.4, -0.2) is 11.0 Å². The summed E-state index contributed by atoms with van der Waals surface area (Å²) >= 11 is 0. The van der Waals surface area contributed by atoms with Crippen molar-refractivity contribution >= 4 is 17.3 Å². The Hall–Kier alpha value is -1.71. The lowest BCUT2D eigenvalue weighted by molar-refractivity contribution is -0.132. The molecule has 0 radical (unpaired) electrons. The zero-order chi connectivity index (χ0) is 14.6. The summed E-state index contributed by atoms with van der Waals surface area (Å²) < 4.78 is 0. The lowest BCUT2D eigenvalue weighted by Gasteiger charge is -2.53. The fourth-order valence-corrected chi connectivity index (χ4v) is 5.23. The largest absolute Gasteiger partial charge is 0.508 e. The first-order valence-corrected chi connectivity index (χ1v) is 7.99. The van der Waals surface area contributed by atoms with Crippen LogP contribution in [0, 0.1) is 29.6 Å². The number of hydrogen-bond acceptors (Lipinski definition) is 3. The van der Waals surface area contributed by atoms with E-state index >= 15 is 0 Å². The van der Waals surface area contributed by atoms with Gasteiger partial charge in [-0.05, 0) is 67.9 Å². The minimum atomic E-state index is 0.125. The van der Waals surface area contributed by atoms with E-state index in [1.54, 1.807) is 12.1 Å². The average Bonchev–Trinajstić information content (AvgIpc) is 2.40. The van der Waals surface area contributed by atoms with Gasteiger partial charge in [-0.15, -0.1) is 0 Å². The highest BCUT2D eigenvalue weighted by atomic mass is 16.3. The number of amides is 1. The van der Waals surface area contributed by atoms with Gasteiger partial charge in [0.2, 0.25) is 5.91 Å². The Labute approximate surface area is 124 Å². The second-order valence-electron chi connectivity index (χ2n) is 7.22. The van der Waals surface area contributed by atoms with E-state index in [4.69, 9.17) is 5.73 Å². The number of rotatable bonds is 2. The molecule has 4 aliphatic rings. The summed E-state index contributed by atoms with van der Waals surface area (Å²) in [6.07, 6.45) is 6.32. The monoisotopic (exact) mass is 286 g/mol. The van der Waals surface area contributed by atoms with Crippen LogP contribution in [-0.2, 0) is 4.79 Å². The van der Waals surface area contributed by atoms with Crippen molar-refractivity contribution in [3.05, 3.63) is 18.2 Å². The van der Waals surface area contributed by atoms with Gasteiger partial charge in [0.15, 0.2) is 0 Å². The first-order chi connectivity index (χ1) is 10.1. The standard InChI is InChI=1S/C17H22N2O2/c18-14-8-13(20)1-2-15(14)19-17(21)16-11-4-9-3-10(6-11)7-12(16)5-9/h1-2,8-12,16,20H,3-7,18H2,(H,19,21). The summed E-state index contributed by atoms with van der Waals surface area (Å²) in [6.45, 7) is 0. The first-order valence-electron chi connectivity index (χ1n) is 7.99. The number of phenols is 1. The third-order valence-electron chi connectivity index (χ3n) is 5.82. The maximum atomic E-state index is 12.7. The maximum absolute atomic E-state index is 12.7. The predicted molar refractivity (Wildman–Crippen MR) is 81.7 cm³/mol. The molecule has 0 spiro atoms. The van der Waals surface area contributed by atoms with E-state index in [1.165, 1.54) is 38.2 Å². The molecule has 1 aromatic rings. The average molecular weight is 286 g/mol. The Morgan fingerprint density at radius 3 is 2.29 bits per heavy atom. The van der Waals surface area contributed by atoms with E-state index < -0.39 is 0 Å². The van der Waals surface area contributed by atoms with Crippen LogP contribution in [0.25, 0.3) is 0 Å². The number of nitrogens with two attached hydrogens (primary N) is 1. The van der Waals surface area contributed by atoms with Gasteiger partial charge in [-0.3, -0.25) is 4.79 Å². The van der Waals surface area contributed by atoms with Gasteiger partial charge in [-0.25, -0.2) is 0 Å². The van der Waals surface area contributed by atoms with Crippen molar-refractivity contribution in [1.82, 2.24) is 0 Å². The fraction of sp³-hybridized carbons (Fsp3) is 0.588. The Morgan fingerprint density at radius 1 is 1.10 bits per heavy atom. The zero-order valence-corrected chi connectivity index (χ0v) is 12.1. The molecule has 0 aliphatic heterocycles. The number of benzene rings is 1. The van der Waals surface area contributed by atoms with Crippen molar-refractivity contribution in [2.75, 3.05) is 11.1 Å². The van der Waals surface area contributed by atoms with E-state index in [1.807, 2.05) is 0 Å². The highest BCUT2D eigenvalue weighted by Crippen LogP contribution is 2.56.